The molecular formula is C20H22O3. The van der Waals surface area contributed by atoms with Gasteiger partial charge in [0.25, 0.3) is 0 Å². The van der Waals surface area contributed by atoms with Crippen molar-refractivity contribution in [2.75, 3.05) is 0 Å². The lowest BCUT2D eigenvalue weighted by molar-refractivity contribution is 0.0397. The van der Waals surface area contributed by atoms with Gasteiger partial charge < -0.3 is 4.74 Å². The Morgan fingerprint density at radius 1 is 0.826 bits per heavy atom. The lowest BCUT2D eigenvalue weighted by Crippen LogP contribution is -2.15. The molecular weight excluding hydrogens is 288 g/mol. The molecule has 0 fully saturated rings. The molecule has 0 radical (unpaired) electrons. The fourth-order valence-corrected chi connectivity index (χ4v) is 2.38. The Bertz CT molecular complexity index is 700. The molecule has 0 unspecified atom stereocenters. The Morgan fingerprint density at radius 3 is 2.04 bits per heavy atom. The largest absolute Gasteiger partial charge is 0.386 e. The zero-order valence-electron chi connectivity index (χ0n) is 14.0. The third-order valence-corrected chi connectivity index (χ3v) is 3.78. The van der Waals surface area contributed by atoms with Crippen LogP contribution in [0.3, 0.4) is 0 Å². The van der Waals surface area contributed by atoms with Gasteiger partial charge in [-0.3, -0.25) is 0 Å². The van der Waals surface area contributed by atoms with Crippen LogP contribution in [0.4, 0.5) is 0 Å². The molecule has 0 bridgehead atoms. The number of hydrogen-bond donors (Lipinski definition) is 0. The zero-order valence-corrected chi connectivity index (χ0v) is 14.0. The molecule has 0 aliphatic rings. The summed E-state index contributed by atoms with van der Waals surface area (Å²) in [6.45, 7) is 8.26. The van der Waals surface area contributed by atoms with Crippen LogP contribution in [0.5, 0.6) is 0 Å². The molecule has 3 nitrogen and oxygen atoms in total. The lowest BCUT2D eigenvalue weighted by Gasteiger charge is -2.15. The summed E-state index contributed by atoms with van der Waals surface area (Å²) < 4.78 is 5.04. The minimum absolute atomic E-state index is 0.170. The van der Waals surface area contributed by atoms with Crippen molar-refractivity contribution in [3.8, 4) is 0 Å². The van der Waals surface area contributed by atoms with E-state index in [1.165, 1.54) is 5.56 Å². The van der Waals surface area contributed by atoms with E-state index in [-0.39, 0.29) is 5.92 Å². The second-order valence-electron chi connectivity index (χ2n) is 6.20. The molecule has 0 heterocycles. The second-order valence-corrected chi connectivity index (χ2v) is 6.20. The number of esters is 2. The van der Waals surface area contributed by atoms with Crippen molar-refractivity contribution in [3.63, 3.8) is 0 Å². The quantitative estimate of drug-likeness (QED) is 0.594. The van der Waals surface area contributed by atoms with Crippen molar-refractivity contribution in [1.82, 2.24) is 0 Å². The average Bonchev–Trinajstić information content (AvgIpc) is 2.54. The van der Waals surface area contributed by atoms with Crippen molar-refractivity contribution in [2.45, 2.75) is 39.5 Å². The number of benzene rings is 2. The molecule has 0 spiro atoms. The van der Waals surface area contributed by atoms with Gasteiger partial charge in [0.15, 0.2) is 0 Å². The molecule has 2 aromatic carbocycles. The first kappa shape index (κ1) is 16.9. The monoisotopic (exact) mass is 310 g/mol. The maximum absolute atomic E-state index is 12.4. The zero-order chi connectivity index (χ0) is 17.0. The first-order valence-corrected chi connectivity index (χ1v) is 7.85. The molecule has 0 aromatic heterocycles. The van der Waals surface area contributed by atoms with E-state index < -0.39 is 11.9 Å². The minimum Gasteiger partial charge on any atom is -0.386 e. The number of hydrogen-bond acceptors (Lipinski definition) is 3. The van der Waals surface area contributed by atoms with Gasteiger partial charge in [-0.1, -0.05) is 58.0 Å². The van der Waals surface area contributed by atoms with Crippen LogP contribution in [0.2, 0.25) is 0 Å². The van der Waals surface area contributed by atoms with E-state index in [0.29, 0.717) is 17.0 Å². The Kier molecular flexibility index (Phi) is 5.32. The maximum atomic E-state index is 12.4. The SMILES string of the molecule is CC(C)c1ccc(C(=O)OC(=O)c2ccccc2)c(C(C)C)c1. The van der Waals surface area contributed by atoms with Gasteiger partial charge in [0.2, 0.25) is 0 Å². The summed E-state index contributed by atoms with van der Waals surface area (Å²) in [6.07, 6.45) is 0. The van der Waals surface area contributed by atoms with Crippen LogP contribution in [0.15, 0.2) is 48.5 Å². The van der Waals surface area contributed by atoms with E-state index in [9.17, 15) is 9.59 Å². The fourth-order valence-electron chi connectivity index (χ4n) is 2.38. The molecule has 0 N–H and O–H groups in total. The van der Waals surface area contributed by atoms with Crippen LogP contribution in [-0.2, 0) is 4.74 Å². The molecule has 0 aliphatic carbocycles. The summed E-state index contributed by atoms with van der Waals surface area (Å²) >= 11 is 0. The summed E-state index contributed by atoms with van der Waals surface area (Å²) in [6, 6.07) is 14.2. The smallest absolute Gasteiger partial charge is 0.346 e. The summed E-state index contributed by atoms with van der Waals surface area (Å²) in [4.78, 5) is 24.4. The van der Waals surface area contributed by atoms with Crippen LogP contribution in [0.25, 0.3) is 0 Å². The maximum Gasteiger partial charge on any atom is 0.346 e. The van der Waals surface area contributed by atoms with Crippen LogP contribution in [0.1, 0.15) is 71.4 Å². The highest BCUT2D eigenvalue weighted by molar-refractivity contribution is 6.03. The topological polar surface area (TPSA) is 43.4 Å². The molecule has 120 valence electrons. The van der Waals surface area contributed by atoms with Gasteiger partial charge in [-0.05, 0) is 41.2 Å². The molecule has 2 rings (SSSR count). The van der Waals surface area contributed by atoms with Gasteiger partial charge >= 0.3 is 11.9 Å². The van der Waals surface area contributed by atoms with Gasteiger partial charge in [0.05, 0.1) is 11.1 Å². The van der Waals surface area contributed by atoms with Crippen LogP contribution in [0, 0.1) is 0 Å². The number of rotatable bonds is 4. The van der Waals surface area contributed by atoms with Crippen molar-refractivity contribution in [2.24, 2.45) is 0 Å². The van der Waals surface area contributed by atoms with Gasteiger partial charge in [-0.15, -0.1) is 0 Å². The minimum atomic E-state index is -0.627. The molecule has 0 saturated heterocycles. The van der Waals surface area contributed by atoms with Crippen molar-refractivity contribution < 1.29 is 14.3 Å². The Labute approximate surface area is 137 Å². The highest BCUT2D eigenvalue weighted by Crippen LogP contribution is 2.25. The summed E-state index contributed by atoms with van der Waals surface area (Å²) in [5, 5.41) is 0. The van der Waals surface area contributed by atoms with E-state index in [1.54, 1.807) is 36.4 Å². The van der Waals surface area contributed by atoms with Gasteiger partial charge in [-0.25, -0.2) is 9.59 Å². The Morgan fingerprint density at radius 2 is 1.48 bits per heavy atom. The number of carbonyl (C=O) groups excluding carboxylic acids is 2. The van der Waals surface area contributed by atoms with E-state index in [0.717, 1.165) is 5.56 Å². The third kappa shape index (κ3) is 4.07. The first-order chi connectivity index (χ1) is 10.9. The summed E-state index contributed by atoms with van der Waals surface area (Å²) in [7, 11) is 0. The van der Waals surface area contributed by atoms with Crippen LogP contribution < -0.4 is 0 Å². The molecule has 0 aliphatic heterocycles. The Balaban J connectivity index is 2.27. The van der Waals surface area contributed by atoms with E-state index in [1.807, 2.05) is 26.0 Å². The van der Waals surface area contributed by atoms with Crippen LogP contribution in [-0.4, -0.2) is 11.9 Å². The lowest BCUT2D eigenvalue weighted by atomic mass is 9.91. The van der Waals surface area contributed by atoms with Crippen LogP contribution >= 0.6 is 0 Å². The second kappa shape index (κ2) is 7.23. The molecule has 23 heavy (non-hydrogen) atoms. The number of carbonyl (C=O) groups is 2. The predicted octanol–water partition coefficient (Wildman–Crippen LogP) is 4.93. The number of ether oxygens (including phenoxy) is 1. The standard InChI is InChI=1S/C20H22O3/c1-13(2)16-10-11-17(18(12-16)14(3)4)20(22)23-19(21)15-8-6-5-7-9-15/h5-14H,1-4H3. The fraction of sp³-hybridized carbons (Fsp3) is 0.300. The van der Waals surface area contributed by atoms with E-state index >= 15 is 0 Å². The molecule has 0 saturated carbocycles. The van der Waals surface area contributed by atoms with Gasteiger partial charge in [-0.2, -0.15) is 0 Å². The highest BCUT2D eigenvalue weighted by atomic mass is 16.6. The summed E-state index contributed by atoms with van der Waals surface area (Å²) in [5.41, 5.74) is 2.89. The average molecular weight is 310 g/mol. The van der Waals surface area contributed by atoms with E-state index in [4.69, 9.17) is 4.74 Å². The Hall–Kier alpha value is -2.42. The van der Waals surface area contributed by atoms with Gasteiger partial charge in [0.1, 0.15) is 0 Å². The molecule has 3 heteroatoms. The van der Waals surface area contributed by atoms with Gasteiger partial charge in [0, 0.05) is 0 Å². The highest BCUT2D eigenvalue weighted by Gasteiger charge is 2.20. The van der Waals surface area contributed by atoms with Crippen molar-refractivity contribution in [1.29, 1.82) is 0 Å². The molecule has 2 aromatic rings. The first-order valence-electron chi connectivity index (χ1n) is 7.85. The van der Waals surface area contributed by atoms with Crippen molar-refractivity contribution >= 4 is 11.9 Å². The predicted molar refractivity (Wildman–Crippen MR) is 90.8 cm³/mol. The van der Waals surface area contributed by atoms with E-state index in [2.05, 4.69) is 13.8 Å². The molecule has 0 amide bonds. The molecule has 0 atom stereocenters. The third-order valence-electron chi connectivity index (χ3n) is 3.78. The summed E-state index contributed by atoms with van der Waals surface area (Å²) in [5.74, 6) is -0.678. The normalized spacial score (nSPS) is 10.9. The van der Waals surface area contributed by atoms with Crippen molar-refractivity contribution in [3.05, 3.63) is 70.8 Å².